The van der Waals surface area contributed by atoms with Gasteiger partial charge in [0.2, 0.25) is 10.2 Å². The van der Waals surface area contributed by atoms with Crippen molar-refractivity contribution in [1.82, 2.24) is 0 Å². The molecular formula is C10H22O4S4. The van der Waals surface area contributed by atoms with Crippen LogP contribution < -0.4 is 0 Å². The second-order valence-corrected chi connectivity index (χ2v) is 4.86. The number of hydrogen-bond acceptors (Lipinski definition) is 6. The van der Waals surface area contributed by atoms with Crippen LogP contribution in [0.2, 0.25) is 0 Å². The number of rotatable bonds is 7. The molecule has 0 amide bonds. The maximum Gasteiger partial charge on any atom is 0.211 e. The Bertz CT molecular complexity index is 171. The third-order valence-corrected chi connectivity index (χ3v) is 2.25. The number of thiol groups is 4. The van der Waals surface area contributed by atoms with Crippen molar-refractivity contribution >= 4 is 60.7 Å². The first-order valence-electron chi connectivity index (χ1n) is 5.33. The van der Waals surface area contributed by atoms with E-state index in [1.54, 1.807) is 0 Å². The summed E-state index contributed by atoms with van der Waals surface area (Å²) in [5.74, 6) is 2.07. The van der Waals surface area contributed by atoms with Crippen molar-refractivity contribution in [2.75, 3.05) is 24.7 Å². The van der Waals surface area contributed by atoms with E-state index in [0.717, 1.165) is 11.5 Å². The summed E-state index contributed by atoms with van der Waals surface area (Å²) in [7, 11) is 0. The first-order valence-corrected chi connectivity index (χ1v) is 7.49. The lowest BCUT2D eigenvalue weighted by molar-refractivity contribution is -0.113. The minimum atomic E-state index is -0.495. The van der Waals surface area contributed by atoms with Gasteiger partial charge in [-0.15, -0.1) is 25.3 Å². The number of carbonyl (C=O) groups excluding carboxylic acids is 2. The molecule has 0 unspecified atom stereocenters. The van der Waals surface area contributed by atoms with E-state index < -0.39 is 23.4 Å². The van der Waals surface area contributed by atoms with E-state index in [9.17, 15) is 9.59 Å². The highest BCUT2D eigenvalue weighted by atomic mass is 32.1. The predicted molar refractivity (Wildman–Crippen MR) is 88.3 cm³/mol. The summed E-state index contributed by atoms with van der Waals surface area (Å²) in [6.45, 7) is -0.938. The largest absolute Gasteiger partial charge is 0.388 e. The summed E-state index contributed by atoms with van der Waals surface area (Å²) >= 11 is 14.6. The minimum absolute atomic E-state index is 0.469. The highest BCUT2D eigenvalue weighted by molar-refractivity contribution is 7.96. The van der Waals surface area contributed by atoms with Crippen LogP contribution in [-0.4, -0.2) is 45.2 Å². The molecule has 0 radical (unpaired) electrons. The number of hydrogen-bond donors (Lipinski definition) is 6. The zero-order valence-electron chi connectivity index (χ0n) is 10.2. The average Bonchev–Trinajstić information content (AvgIpc) is 2.36. The van der Waals surface area contributed by atoms with Crippen molar-refractivity contribution in [3.05, 3.63) is 0 Å². The Labute approximate surface area is 131 Å². The fourth-order valence-corrected chi connectivity index (χ4v) is 1.02. The van der Waals surface area contributed by atoms with Crippen molar-refractivity contribution in [3.63, 3.8) is 0 Å². The van der Waals surface area contributed by atoms with Gasteiger partial charge in [-0.25, -0.2) is 0 Å². The van der Waals surface area contributed by atoms with E-state index in [0.29, 0.717) is 0 Å². The fourth-order valence-electron chi connectivity index (χ4n) is 0.577. The molecule has 0 spiro atoms. The first-order chi connectivity index (χ1) is 8.45. The summed E-state index contributed by atoms with van der Waals surface area (Å²) in [6.07, 6.45) is 5.17. The van der Waals surface area contributed by atoms with Gasteiger partial charge >= 0.3 is 0 Å². The van der Waals surface area contributed by atoms with Crippen molar-refractivity contribution in [1.29, 1.82) is 0 Å². The molecule has 0 aromatic rings. The van der Waals surface area contributed by atoms with Gasteiger partial charge in [0.25, 0.3) is 0 Å². The highest BCUT2D eigenvalue weighted by Crippen LogP contribution is 2.00. The smallest absolute Gasteiger partial charge is 0.211 e. The molecule has 110 valence electrons. The molecule has 0 aromatic heterocycles. The molecule has 0 atom stereocenters. The molecule has 0 aromatic carbocycles. The zero-order valence-corrected chi connectivity index (χ0v) is 13.7. The molecule has 0 saturated heterocycles. The summed E-state index contributed by atoms with van der Waals surface area (Å²) in [5, 5.41) is 14.4. The lowest BCUT2D eigenvalue weighted by atomic mass is 10.2. The van der Waals surface area contributed by atoms with E-state index in [4.69, 9.17) is 10.2 Å². The average molecular weight is 335 g/mol. The van der Waals surface area contributed by atoms with Crippen LogP contribution in [0.25, 0.3) is 0 Å². The molecule has 2 N–H and O–H groups in total. The normalized spacial score (nSPS) is 8.56. The Morgan fingerprint density at radius 2 is 0.944 bits per heavy atom. The van der Waals surface area contributed by atoms with Gasteiger partial charge in [0, 0.05) is 0 Å². The molecule has 0 fully saturated rings. The van der Waals surface area contributed by atoms with Gasteiger partial charge in [-0.05, 0) is 24.3 Å². The predicted octanol–water partition coefficient (Wildman–Crippen LogP) is 1.28. The molecule has 18 heavy (non-hydrogen) atoms. The topological polar surface area (TPSA) is 74.6 Å². The molecule has 0 rings (SSSR count). The maximum atomic E-state index is 9.43. The van der Waals surface area contributed by atoms with Crippen LogP contribution in [0, 0.1) is 0 Å². The Hall–Kier alpha value is 0.660. The van der Waals surface area contributed by atoms with Crippen molar-refractivity contribution in [3.8, 4) is 0 Å². The number of unbranched alkanes of at least 4 members (excludes halogenated alkanes) is 3. The molecule has 0 aliphatic rings. The van der Waals surface area contributed by atoms with E-state index in [1.165, 1.54) is 25.7 Å². The lowest BCUT2D eigenvalue weighted by Gasteiger charge is -1.93. The van der Waals surface area contributed by atoms with Crippen LogP contribution in [0.5, 0.6) is 0 Å². The third kappa shape index (κ3) is 43.8. The molecule has 0 bridgehead atoms. The molecule has 0 aliphatic heterocycles. The number of aliphatic hydroxyl groups excluding tert-OH is 2. The Morgan fingerprint density at radius 1 is 0.722 bits per heavy atom. The lowest BCUT2D eigenvalue weighted by Crippen LogP contribution is -1.89. The molecule has 4 nitrogen and oxygen atoms in total. The molecule has 0 saturated carbocycles. The minimum Gasteiger partial charge on any atom is -0.388 e. The SMILES string of the molecule is O=C(S)CO.O=C(S)CO.SCCCCCCS. The van der Waals surface area contributed by atoms with E-state index in [-0.39, 0.29) is 0 Å². The number of carbonyl (C=O) groups is 2. The second-order valence-electron chi connectivity index (χ2n) is 2.97. The van der Waals surface area contributed by atoms with Crippen molar-refractivity contribution < 1.29 is 19.8 Å². The highest BCUT2D eigenvalue weighted by Gasteiger charge is 1.84. The Morgan fingerprint density at radius 3 is 1.06 bits per heavy atom. The van der Waals surface area contributed by atoms with Gasteiger partial charge in [0.15, 0.2) is 0 Å². The van der Waals surface area contributed by atoms with E-state index in [2.05, 4.69) is 50.5 Å². The molecular weight excluding hydrogens is 312 g/mol. The van der Waals surface area contributed by atoms with Crippen molar-refractivity contribution in [2.45, 2.75) is 25.7 Å². The standard InChI is InChI=1S/C6H14S2.2C2H4O2S/c7-5-3-1-2-4-6-8;2*3-1-2(4)5/h7-8H,1-6H2;2*3H,1H2,(H,4,5). The second kappa shape index (κ2) is 22.8. The van der Waals surface area contributed by atoms with E-state index >= 15 is 0 Å². The van der Waals surface area contributed by atoms with Gasteiger partial charge in [0.1, 0.15) is 13.2 Å². The van der Waals surface area contributed by atoms with Gasteiger partial charge in [0.05, 0.1) is 0 Å². The summed E-state index contributed by atoms with van der Waals surface area (Å²) in [5.41, 5.74) is 0. The first kappa shape index (κ1) is 23.7. The van der Waals surface area contributed by atoms with Crippen LogP contribution in [0.1, 0.15) is 25.7 Å². The maximum absolute atomic E-state index is 9.43. The van der Waals surface area contributed by atoms with Gasteiger partial charge in [-0.1, -0.05) is 12.8 Å². The Balaban J connectivity index is -0.000000197. The van der Waals surface area contributed by atoms with Gasteiger partial charge in [-0.2, -0.15) is 25.3 Å². The van der Waals surface area contributed by atoms with Crippen LogP contribution >= 0.6 is 50.5 Å². The summed E-state index contributed by atoms with van der Waals surface area (Å²) in [4.78, 5) is 18.9. The molecule has 0 heterocycles. The van der Waals surface area contributed by atoms with Crippen LogP contribution in [-0.2, 0) is 9.59 Å². The third-order valence-electron chi connectivity index (χ3n) is 1.34. The van der Waals surface area contributed by atoms with Gasteiger partial charge < -0.3 is 10.2 Å². The Kier molecular flexibility index (Phi) is 30.1. The van der Waals surface area contributed by atoms with Crippen molar-refractivity contribution in [2.24, 2.45) is 0 Å². The molecule has 0 aliphatic carbocycles. The number of aliphatic hydroxyl groups is 2. The fraction of sp³-hybridized carbons (Fsp3) is 0.800. The zero-order chi connectivity index (χ0) is 14.8. The molecule has 8 heteroatoms. The van der Waals surface area contributed by atoms with Crippen LogP contribution in [0.4, 0.5) is 0 Å². The van der Waals surface area contributed by atoms with Crippen LogP contribution in [0.15, 0.2) is 0 Å². The van der Waals surface area contributed by atoms with Crippen LogP contribution in [0.3, 0.4) is 0 Å². The summed E-state index contributed by atoms with van der Waals surface area (Å²) in [6, 6.07) is 0. The van der Waals surface area contributed by atoms with E-state index in [1.807, 2.05) is 0 Å². The quantitative estimate of drug-likeness (QED) is 0.313. The van der Waals surface area contributed by atoms with Gasteiger partial charge in [-0.3, -0.25) is 9.59 Å². The monoisotopic (exact) mass is 334 g/mol. The summed E-state index contributed by atoms with van der Waals surface area (Å²) < 4.78 is 0.